The molecule has 5 rings (SSSR count). The van der Waals surface area contributed by atoms with Crippen molar-refractivity contribution in [2.45, 2.75) is 44.2 Å². The number of aromatic amines is 1. The van der Waals surface area contributed by atoms with Gasteiger partial charge in [0.2, 0.25) is 0 Å². The van der Waals surface area contributed by atoms with Gasteiger partial charge in [-0.1, -0.05) is 18.2 Å². The smallest absolute Gasteiger partial charge is 0.0658 e. The van der Waals surface area contributed by atoms with Crippen LogP contribution in [0.15, 0.2) is 24.3 Å². The molecule has 1 saturated heterocycles. The molecule has 0 amide bonds. The average molecular weight is 291 g/mol. The van der Waals surface area contributed by atoms with E-state index >= 15 is 0 Å². The first-order chi connectivity index (χ1) is 10.8. The molecule has 1 aliphatic carbocycles. The molecule has 2 bridgehead atoms. The van der Waals surface area contributed by atoms with E-state index in [9.17, 15) is 5.26 Å². The first-order valence-corrected chi connectivity index (χ1v) is 8.60. The predicted molar refractivity (Wildman–Crippen MR) is 86.3 cm³/mol. The van der Waals surface area contributed by atoms with Gasteiger partial charge in [-0.05, 0) is 49.7 Å². The van der Waals surface area contributed by atoms with Gasteiger partial charge in [0.05, 0.1) is 12.1 Å². The number of piperidine rings is 1. The van der Waals surface area contributed by atoms with Crippen molar-refractivity contribution in [3.8, 4) is 6.07 Å². The minimum atomic E-state index is 0.285. The van der Waals surface area contributed by atoms with E-state index in [1.807, 2.05) is 0 Å². The highest BCUT2D eigenvalue weighted by Gasteiger charge is 2.45. The Hall–Kier alpha value is -1.79. The number of aromatic nitrogens is 1. The zero-order valence-corrected chi connectivity index (χ0v) is 12.8. The van der Waals surface area contributed by atoms with Gasteiger partial charge in [-0.3, -0.25) is 4.90 Å². The van der Waals surface area contributed by atoms with Crippen LogP contribution in [0.3, 0.4) is 0 Å². The predicted octanol–water partition coefficient (Wildman–Crippen LogP) is 3.78. The zero-order valence-electron chi connectivity index (χ0n) is 12.8. The molecule has 3 aliphatic rings. The van der Waals surface area contributed by atoms with Gasteiger partial charge < -0.3 is 4.98 Å². The normalized spacial score (nSPS) is 34.0. The summed E-state index contributed by atoms with van der Waals surface area (Å²) >= 11 is 0. The summed E-state index contributed by atoms with van der Waals surface area (Å²) in [7, 11) is 0. The van der Waals surface area contributed by atoms with Gasteiger partial charge in [0.1, 0.15) is 0 Å². The van der Waals surface area contributed by atoms with Gasteiger partial charge in [0, 0.05) is 35.1 Å². The van der Waals surface area contributed by atoms with E-state index in [4.69, 9.17) is 0 Å². The van der Waals surface area contributed by atoms with Crippen molar-refractivity contribution in [1.82, 2.24) is 9.88 Å². The minimum Gasteiger partial charge on any atom is -0.357 e. The zero-order chi connectivity index (χ0) is 14.7. The quantitative estimate of drug-likeness (QED) is 0.802. The highest BCUT2D eigenvalue weighted by Crippen LogP contribution is 2.49. The summed E-state index contributed by atoms with van der Waals surface area (Å²) in [5, 5.41) is 10.8. The molecule has 2 fully saturated rings. The number of fused-ring (bicyclic) bond motifs is 8. The second kappa shape index (κ2) is 4.60. The van der Waals surface area contributed by atoms with Crippen LogP contribution in [0.2, 0.25) is 0 Å². The lowest BCUT2D eigenvalue weighted by Gasteiger charge is -2.51. The Kier molecular flexibility index (Phi) is 2.66. The van der Waals surface area contributed by atoms with Crippen LogP contribution in [-0.2, 0) is 6.42 Å². The van der Waals surface area contributed by atoms with Crippen molar-refractivity contribution in [3.05, 3.63) is 35.5 Å². The van der Waals surface area contributed by atoms with Gasteiger partial charge in [0.15, 0.2) is 0 Å². The van der Waals surface area contributed by atoms with Gasteiger partial charge in [-0.2, -0.15) is 5.26 Å². The molecule has 3 nitrogen and oxygen atoms in total. The molecular weight excluding hydrogens is 270 g/mol. The van der Waals surface area contributed by atoms with Crippen LogP contribution in [0.1, 0.15) is 43.0 Å². The highest BCUT2D eigenvalue weighted by molar-refractivity contribution is 5.85. The molecule has 1 unspecified atom stereocenters. The summed E-state index contributed by atoms with van der Waals surface area (Å²) in [6.45, 7) is 1.19. The van der Waals surface area contributed by atoms with Crippen molar-refractivity contribution in [1.29, 1.82) is 5.26 Å². The van der Waals surface area contributed by atoms with Gasteiger partial charge in [-0.25, -0.2) is 0 Å². The summed E-state index contributed by atoms with van der Waals surface area (Å²) in [6.07, 6.45) is 5.88. The highest BCUT2D eigenvalue weighted by atomic mass is 15.2. The molecule has 4 atom stereocenters. The van der Waals surface area contributed by atoms with Gasteiger partial charge in [0.25, 0.3) is 0 Å². The van der Waals surface area contributed by atoms with Crippen LogP contribution in [0.5, 0.6) is 0 Å². The number of benzene rings is 1. The average Bonchev–Trinajstić information content (AvgIpc) is 2.94. The Morgan fingerprint density at radius 3 is 3.00 bits per heavy atom. The van der Waals surface area contributed by atoms with Crippen LogP contribution in [0.4, 0.5) is 0 Å². The molecule has 22 heavy (non-hydrogen) atoms. The molecule has 2 aliphatic heterocycles. The van der Waals surface area contributed by atoms with E-state index in [0.29, 0.717) is 18.0 Å². The molecule has 0 spiro atoms. The number of nitrogens with zero attached hydrogens (tertiary/aromatic N) is 2. The molecule has 1 N–H and O–H groups in total. The lowest BCUT2D eigenvalue weighted by molar-refractivity contribution is -0.00107. The van der Waals surface area contributed by atoms with Crippen LogP contribution < -0.4 is 0 Å². The van der Waals surface area contributed by atoms with Crippen LogP contribution in [0, 0.1) is 23.2 Å². The number of nitriles is 1. The molecular formula is C19H21N3. The fourth-order valence-corrected chi connectivity index (χ4v) is 5.29. The number of hydrogen-bond acceptors (Lipinski definition) is 2. The molecule has 3 heteroatoms. The first kappa shape index (κ1) is 12.7. The Morgan fingerprint density at radius 1 is 1.18 bits per heavy atom. The van der Waals surface area contributed by atoms with Crippen molar-refractivity contribution in [2.75, 3.05) is 6.54 Å². The van der Waals surface area contributed by atoms with Crippen molar-refractivity contribution >= 4 is 10.9 Å². The second-order valence-corrected chi connectivity index (χ2v) is 7.26. The summed E-state index contributed by atoms with van der Waals surface area (Å²) in [4.78, 5) is 6.45. The van der Waals surface area contributed by atoms with Crippen molar-refractivity contribution in [3.63, 3.8) is 0 Å². The largest absolute Gasteiger partial charge is 0.357 e. The van der Waals surface area contributed by atoms with Crippen LogP contribution >= 0.6 is 0 Å². The topological polar surface area (TPSA) is 42.8 Å². The van der Waals surface area contributed by atoms with Gasteiger partial charge >= 0.3 is 0 Å². The Morgan fingerprint density at radius 2 is 2.09 bits per heavy atom. The maximum Gasteiger partial charge on any atom is 0.0658 e. The standard InChI is InChI=1S/C19H21N3/c20-11-12-5-6-14-9-13(12)10-18-19-16(7-8-22(14)18)15-3-1-2-4-17(15)21-19/h1-4,12-14,18,21H,5-10H2/t12-,13+,14-,18?/m1/s1. The molecule has 0 radical (unpaired) electrons. The Labute approximate surface area is 130 Å². The minimum absolute atomic E-state index is 0.285. The maximum atomic E-state index is 9.44. The molecule has 112 valence electrons. The van der Waals surface area contributed by atoms with E-state index in [-0.39, 0.29) is 5.92 Å². The molecule has 2 aromatic rings. The number of nitrogens with one attached hydrogen (secondary N) is 1. The fraction of sp³-hybridized carbons (Fsp3) is 0.526. The number of rotatable bonds is 0. The van der Waals surface area contributed by atoms with E-state index in [2.05, 4.69) is 40.2 Å². The third-order valence-corrected chi connectivity index (χ3v) is 6.32. The first-order valence-electron chi connectivity index (χ1n) is 8.60. The third-order valence-electron chi connectivity index (χ3n) is 6.32. The number of para-hydroxylation sites is 1. The third kappa shape index (κ3) is 1.65. The molecule has 1 aromatic carbocycles. The maximum absolute atomic E-state index is 9.44. The Balaban J connectivity index is 1.60. The van der Waals surface area contributed by atoms with Crippen LogP contribution in [0.25, 0.3) is 10.9 Å². The lowest BCUT2D eigenvalue weighted by Crippen LogP contribution is -2.51. The molecule has 1 saturated carbocycles. The fourth-order valence-electron chi connectivity index (χ4n) is 5.29. The molecule has 1 aromatic heterocycles. The monoisotopic (exact) mass is 291 g/mol. The van der Waals surface area contributed by atoms with Crippen molar-refractivity contribution in [2.24, 2.45) is 11.8 Å². The van der Waals surface area contributed by atoms with E-state index in [0.717, 1.165) is 12.8 Å². The molecule has 3 heterocycles. The SMILES string of the molecule is N#C[C@H]1CC[C@@H]2C[C@H]1CC1c3[nH]c4ccccc4c3CCN12. The summed E-state index contributed by atoms with van der Waals surface area (Å²) in [5.41, 5.74) is 4.26. The van der Waals surface area contributed by atoms with Crippen molar-refractivity contribution < 1.29 is 0 Å². The lowest BCUT2D eigenvalue weighted by atomic mass is 9.69. The summed E-state index contributed by atoms with van der Waals surface area (Å²) in [5.74, 6) is 0.885. The summed E-state index contributed by atoms with van der Waals surface area (Å²) in [6, 6.07) is 12.5. The second-order valence-electron chi connectivity index (χ2n) is 7.26. The summed E-state index contributed by atoms with van der Waals surface area (Å²) < 4.78 is 0. The Bertz CT molecular complexity index is 769. The van der Waals surface area contributed by atoms with E-state index < -0.39 is 0 Å². The van der Waals surface area contributed by atoms with Crippen LogP contribution in [-0.4, -0.2) is 22.5 Å². The van der Waals surface area contributed by atoms with E-state index in [1.54, 1.807) is 0 Å². The number of hydrogen-bond donors (Lipinski definition) is 1. The van der Waals surface area contributed by atoms with Gasteiger partial charge in [-0.15, -0.1) is 0 Å². The number of H-pyrrole nitrogens is 1. The van der Waals surface area contributed by atoms with E-state index in [1.165, 1.54) is 48.0 Å².